The molecule has 1 N–H and O–H groups in total. The summed E-state index contributed by atoms with van der Waals surface area (Å²) in [5.41, 5.74) is 1.68. The normalized spacial score (nSPS) is 17.6. The molecular formula is C27H25FN6O3. The largest absolute Gasteiger partial charge is 0.333 e. The van der Waals surface area contributed by atoms with Gasteiger partial charge in [0.25, 0.3) is 0 Å². The van der Waals surface area contributed by atoms with Crippen LogP contribution in [0.5, 0.6) is 0 Å². The molecule has 2 aliphatic rings. The van der Waals surface area contributed by atoms with Gasteiger partial charge in [-0.25, -0.2) is 14.2 Å². The smallest absolute Gasteiger partial charge is 0.333 e. The van der Waals surface area contributed by atoms with Gasteiger partial charge in [0.05, 0.1) is 19.2 Å². The van der Waals surface area contributed by atoms with Crippen molar-refractivity contribution in [3.8, 4) is 6.07 Å². The molecule has 2 heterocycles. The molecular weight excluding hydrogens is 475 g/mol. The number of urea groups is 1. The van der Waals surface area contributed by atoms with Gasteiger partial charge in [0.15, 0.2) is 0 Å². The number of nitriles is 1. The van der Waals surface area contributed by atoms with Crippen molar-refractivity contribution < 1.29 is 18.8 Å². The fourth-order valence-corrected chi connectivity index (χ4v) is 4.85. The van der Waals surface area contributed by atoms with Crippen LogP contribution in [0.4, 0.5) is 9.18 Å². The number of carbonyl (C=O) groups excluding carboxylic acids is 3. The van der Waals surface area contributed by atoms with Crippen molar-refractivity contribution in [2.24, 2.45) is 0 Å². The predicted molar refractivity (Wildman–Crippen MR) is 133 cm³/mol. The molecule has 188 valence electrons. The van der Waals surface area contributed by atoms with E-state index < -0.39 is 12.2 Å². The first kappa shape index (κ1) is 24.2. The van der Waals surface area contributed by atoms with E-state index in [0.717, 1.165) is 16.3 Å². The number of hydrogen-bond acceptors (Lipinski definition) is 5. The summed E-state index contributed by atoms with van der Waals surface area (Å²) in [7, 11) is 0. The first-order chi connectivity index (χ1) is 17.9. The molecule has 10 heteroatoms. The molecule has 2 saturated heterocycles. The van der Waals surface area contributed by atoms with Crippen molar-refractivity contribution in [3.63, 3.8) is 0 Å². The fourth-order valence-electron chi connectivity index (χ4n) is 4.85. The molecule has 0 aliphatic carbocycles. The van der Waals surface area contributed by atoms with E-state index >= 15 is 0 Å². The van der Waals surface area contributed by atoms with Gasteiger partial charge in [-0.3, -0.25) is 9.59 Å². The lowest BCUT2D eigenvalue weighted by molar-refractivity contribution is -0.149. The van der Waals surface area contributed by atoms with Gasteiger partial charge < -0.3 is 15.1 Å². The molecule has 0 saturated carbocycles. The number of amides is 4. The Morgan fingerprint density at radius 2 is 1.78 bits per heavy atom. The Balaban J connectivity index is 1.34. The minimum Gasteiger partial charge on any atom is -0.333 e. The number of nitrogens with zero attached hydrogens (tertiary/aromatic N) is 5. The van der Waals surface area contributed by atoms with Crippen LogP contribution >= 0.6 is 0 Å². The zero-order valence-corrected chi connectivity index (χ0v) is 20.0. The molecule has 9 nitrogen and oxygen atoms in total. The Kier molecular flexibility index (Phi) is 6.70. The zero-order chi connectivity index (χ0) is 25.9. The highest BCUT2D eigenvalue weighted by Gasteiger charge is 2.47. The molecule has 0 radical (unpaired) electrons. The van der Waals surface area contributed by atoms with Gasteiger partial charge >= 0.3 is 6.03 Å². The number of nitrogens with one attached hydrogen (secondary N) is 1. The third-order valence-electron chi connectivity index (χ3n) is 6.73. The Bertz CT molecular complexity index is 1380. The van der Waals surface area contributed by atoms with Gasteiger partial charge in [0.2, 0.25) is 11.8 Å². The minimum absolute atomic E-state index is 0.0949. The molecule has 3 aromatic carbocycles. The number of fused-ring (bicyclic) bond motifs is 2. The maximum Gasteiger partial charge on any atom is 0.333 e. The van der Waals surface area contributed by atoms with Crippen molar-refractivity contribution in [2.75, 3.05) is 26.2 Å². The molecule has 0 unspecified atom stereocenters. The second-order valence-corrected chi connectivity index (χ2v) is 9.01. The average molecular weight is 501 g/mol. The fraction of sp³-hybridized carbons (Fsp3) is 0.259. The van der Waals surface area contributed by atoms with E-state index in [-0.39, 0.29) is 50.4 Å². The molecule has 37 heavy (non-hydrogen) atoms. The van der Waals surface area contributed by atoms with Gasteiger partial charge in [-0.15, -0.1) is 0 Å². The summed E-state index contributed by atoms with van der Waals surface area (Å²) in [6.45, 7) is 0.198. The van der Waals surface area contributed by atoms with Crippen LogP contribution < -0.4 is 5.32 Å². The quantitative estimate of drug-likeness (QED) is 0.524. The summed E-state index contributed by atoms with van der Waals surface area (Å²) in [6, 6.07) is 21.0. The Labute approximate surface area is 213 Å². The van der Waals surface area contributed by atoms with Crippen LogP contribution in [0.25, 0.3) is 10.8 Å². The van der Waals surface area contributed by atoms with Gasteiger partial charge in [-0.1, -0.05) is 54.6 Å². The lowest BCUT2D eigenvalue weighted by Gasteiger charge is -2.42. The van der Waals surface area contributed by atoms with Crippen LogP contribution in [0.2, 0.25) is 0 Å². The number of carbonyl (C=O) groups is 3. The zero-order valence-electron chi connectivity index (χ0n) is 20.0. The third kappa shape index (κ3) is 4.94. The van der Waals surface area contributed by atoms with Crippen molar-refractivity contribution in [1.82, 2.24) is 25.1 Å². The minimum atomic E-state index is -0.579. The Morgan fingerprint density at radius 1 is 1.03 bits per heavy atom. The van der Waals surface area contributed by atoms with Crippen LogP contribution in [0.15, 0.2) is 66.7 Å². The molecule has 4 amide bonds. The topological polar surface area (TPSA) is 100.0 Å². The third-order valence-corrected chi connectivity index (χ3v) is 6.73. The summed E-state index contributed by atoms with van der Waals surface area (Å²) < 4.78 is 13.2. The lowest BCUT2D eigenvalue weighted by atomic mass is 10.0. The predicted octanol–water partition coefficient (Wildman–Crippen LogP) is 2.44. The second kappa shape index (κ2) is 10.2. The van der Waals surface area contributed by atoms with Gasteiger partial charge in [0.1, 0.15) is 25.1 Å². The number of rotatable bonds is 6. The first-order valence-electron chi connectivity index (χ1n) is 11.9. The molecule has 0 spiro atoms. The average Bonchev–Trinajstić information content (AvgIpc) is 3.21. The van der Waals surface area contributed by atoms with Crippen molar-refractivity contribution in [1.29, 1.82) is 5.26 Å². The highest BCUT2D eigenvalue weighted by Crippen LogP contribution is 2.26. The van der Waals surface area contributed by atoms with E-state index in [1.807, 2.05) is 48.5 Å². The standard InChI is InChI=1S/C27H25FN6O3/c28-22-10-8-19(9-11-22)14-30-27(37)33(13-12-29)34-18-26(36)32-17-25(35)31(16-24(32)34)15-21-6-3-5-20-4-1-2-7-23(20)21/h1-11,24H,13-18H2,(H,30,37)/t24-/m0/s1. The summed E-state index contributed by atoms with van der Waals surface area (Å²) >= 11 is 0. The van der Waals surface area contributed by atoms with E-state index in [4.69, 9.17) is 0 Å². The summed E-state index contributed by atoms with van der Waals surface area (Å²) in [5, 5.41) is 17.0. The maximum absolute atomic E-state index is 13.2. The summed E-state index contributed by atoms with van der Waals surface area (Å²) in [6.07, 6.45) is -0.579. The number of piperazine rings is 1. The SMILES string of the molecule is N#CCN(C(=O)NCc1ccc(F)cc1)N1CC(=O)N2CC(=O)N(Cc3cccc4ccccc34)C[C@@H]21. The van der Waals surface area contributed by atoms with E-state index in [9.17, 15) is 24.0 Å². The van der Waals surface area contributed by atoms with E-state index in [2.05, 4.69) is 5.32 Å². The molecule has 0 aromatic heterocycles. The monoisotopic (exact) mass is 500 g/mol. The van der Waals surface area contributed by atoms with E-state index in [1.54, 1.807) is 22.0 Å². The van der Waals surface area contributed by atoms with Crippen molar-refractivity contribution in [3.05, 3.63) is 83.7 Å². The van der Waals surface area contributed by atoms with Crippen LogP contribution in [0.1, 0.15) is 11.1 Å². The second-order valence-electron chi connectivity index (χ2n) is 9.01. The Hall–Kier alpha value is -4.49. The van der Waals surface area contributed by atoms with Crippen molar-refractivity contribution >= 4 is 28.6 Å². The van der Waals surface area contributed by atoms with E-state index in [0.29, 0.717) is 12.1 Å². The van der Waals surface area contributed by atoms with Crippen LogP contribution in [0.3, 0.4) is 0 Å². The van der Waals surface area contributed by atoms with Gasteiger partial charge in [0, 0.05) is 13.1 Å². The van der Waals surface area contributed by atoms with Crippen LogP contribution in [-0.2, 0) is 22.7 Å². The van der Waals surface area contributed by atoms with Crippen LogP contribution in [0, 0.1) is 17.1 Å². The molecule has 1 atom stereocenters. The molecule has 2 fully saturated rings. The van der Waals surface area contributed by atoms with Crippen LogP contribution in [-0.4, -0.2) is 70.0 Å². The Morgan fingerprint density at radius 3 is 2.57 bits per heavy atom. The molecule has 0 bridgehead atoms. The molecule has 2 aliphatic heterocycles. The summed E-state index contributed by atoms with van der Waals surface area (Å²) in [5.74, 6) is -0.832. The highest BCUT2D eigenvalue weighted by atomic mass is 19.1. The first-order valence-corrected chi connectivity index (χ1v) is 11.9. The number of halogens is 1. The highest BCUT2D eigenvalue weighted by molar-refractivity contribution is 5.90. The number of hydrazine groups is 1. The summed E-state index contributed by atoms with van der Waals surface area (Å²) in [4.78, 5) is 42.0. The van der Waals surface area contributed by atoms with E-state index in [1.165, 1.54) is 22.0 Å². The molecule has 5 rings (SSSR count). The van der Waals surface area contributed by atoms with Crippen molar-refractivity contribution in [2.45, 2.75) is 19.3 Å². The van der Waals surface area contributed by atoms with Gasteiger partial charge in [-0.05, 0) is 34.0 Å². The molecule has 3 aromatic rings. The lowest BCUT2D eigenvalue weighted by Crippen LogP contribution is -2.62. The number of hydrogen-bond donors (Lipinski definition) is 1. The van der Waals surface area contributed by atoms with Gasteiger partial charge in [-0.2, -0.15) is 10.3 Å². The number of benzene rings is 3. The maximum atomic E-state index is 13.2.